The lowest BCUT2D eigenvalue weighted by Gasteiger charge is -2.22. The van der Waals surface area contributed by atoms with Crippen molar-refractivity contribution in [2.75, 3.05) is 13.2 Å². The molecule has 2 unspecified atom stereocenters. The second-order valence-electron chi connectivity index (χ2n) is 3.16. The molecule has 1 fully saturated rings. The lowest BCUT2D eigenvalue weighted by molar-refractivity contribution is -0.000294. The molecule has 0 amide bonds. The number of hydrogen-bond acceptors (Lipinski definition) is 4. The van der Waals surface area contributed by atoms with Gasteiger partial charge in [0.25, 0.3) is 0 Å². The van der Waals surface area contributed by atoms with Crippen molar-refractivity contribution in [2.24, 2.45) is 0 Å². The summed E-state index contributed by atoms with van der Waals surface area (Å²) in [5.41, 5.74) is 0. The van der Waals surface area contributed by atoms with Crippen LogP contribution < -0.4 is 0 Å². The second-order valence-corrected chi connectivity index (χ2v) is 7.93. The highest BCUT2D eigenvalue weighted by molar-refractivity contribution is 14.2. The molecule has 0 aliphatic carbocycles. The van der Waals surface area contributed by atoms with E-state index in [0.717, 1.165) is 12.8 Å². The highest BCUT2D eigenvalue weighted by atomic mass is 127. The van der Waals surface area contributed by atoms with Crippen LogP contribution in [0.1, 0.15) is 19.3 Å². The van der Waals surface area contributed by atoms with E-state index in [-0.39, 0.29) is 12.7 Å². The van der Waals surface area contributed by atoms with Gasteiger partial charge < -0.3 is 14.7 Å². The summed E-state index contributed by atoms with van der Waals surface area (Å²) in [6, 6.07) is 0. The lowest BCUT2D eigenvalue weighted by atomic mass is 10.1. The van der Waals surface area contributed by atoms with Gasteiger partial charge in [-0.2, -0.15) is 0 Å². The van der Waals surface area contributed by atoms with Crippen LogP contribution in [-0.4, -0.2) is 35.4 Å². The average molecular weight is 336 g/mol. The first-order valence-corrected chi connectivity index (χ1v) is 8.82. The molecule has 14 heavy (non-hydrogen) atoms. The van der Waals surface area contributed by atoms with Crippen molar-refractivity contribution in [3.63, 3.8) is 0 Å². The first-order chi connectivity index (χ1) is 6.53. The van der Waals surface area contributed by atoms with Crippen LogP contribution in [0.4, 0.5) is 0 Å². The van der Waals surface area contributed by atoms with E-state index in [0.29, 0.717) is 13.0 Å². The van der Waals surface area contributed by atoms with Gasteiger partial charge in [0.15, 0.2) is 0 Å². The molecule has 2 N–H and O–H groups in total. The van der Waals surface area contributed by atoms with Crippen LogP contribution in [0.15, 0.2) is 0 Å². The minimum atomic E-state index is -3.53. The Morgan fingerprint density at radius 3 is 2.86 bits per heavy atom. The maximum atomic E-state index is 11.0. The molecule has 0 bridgehead atoms. The van der Waals surface area contributed by atoms with E-state index in [2.05, 4.69) is 0 Å². The number of ether oxygens (including phenoxy) is 1. The molecule has 0 radical (unpaired) electrons. The SMILES string of the molecule is O=P(O)(I)O[C@H](CCO)C1CCCO1. The quantitative estimate of drug-likeness (QED) is 0.587. The maximum Gasteiger partial charge on any atom is 0.386 e. The minimum Gasteiger partial charge on any atom is -0.396 e. The molecule has 1 rings (SSSR count). The Kier molecular flexibility index (Phi) is 5.30. The third-order valence-electron chi connectivity index (χ3n) is 2.06. The summed E-state index contributed by atoms with van der Waals surface area (Å²) in [4.78, 5) is 9.06. The Labute approximate surface area is 95.8 Å². The monoisotopic (exact) mass is 336 g/mol. The standard InChI is InChI=1S/C7H14IO5P/c8-14(10,11)13-7(3-4-9)6-2-1-5-12-6/h6-7,9H,1-5H2,(H,10,11)/t6?,7-/m1/s1. The van der Waals surface area contributed by atoms with Gasteiger partial charge in [-0.15, -0.1) is 0 Å². The maximum absolute atomic E-state index is 11.0. The van der Waals surface area contributed by atoms with E-state index in [1.807, 2.05) is 0 Å². The third kappa shape index (κ3) is 4.55. The van der Waals surface area contributed by atoms with Gasteiger partial charge in [0.05, 0.1) is 34.2 Å². The Hall–Kier alpha value is 0.800. The van der Waals surface area contributed by atoms with E-state index in [1.165, 1.54) is 22.0 Å². The number of aliphatic hydroxyl groups excluding tert-OH is 1. The van der Waals surface area contributed by atoms with Gasteiger partial charge in [0.1, 0.15) is 0 Å². The van der Waals surface area contributed by atoms with Crippen LogP contribution >= 0.6 is 27.3 Å². The summed E-state index contributed by atoms with van der Waals surface area (Å²) in [6.45, 7) is 0.591. The van der Waals surface area contributed by atoms with Crippen LogP contribution in [0.3, 0.4) is 0 Å². The largest absolute Gasteiger partial charge is 0.396 e. The fourth-order valence-electron chi connectivity index (χ4n) is 1.50. The van der Waals surface area contributed by atoms with Gasteiger partial charge >= 0.3 is 5.24 Å². The zero-order chi connectivity index (χ0) is 10.6. The van der Waals surface area contributed by atoms with Crippen molar-refractivity contribution in [2.45, 2.75) is 31.5 Å². The molecule has 1 aliphatic heterocycles. The van der Waals surface area contributed by atoms with E-state index in [9.17, 15) is 4.57 Å². The Morgan fingerprint density at radius 2 is 2.43 bits per heavy atom. The Bertz CT molecular complexity index is 212. The first kappa shape index (κ1) is 12.9. The van der Waals surface area contributed by atoms with Crippen molar-refractivity contribution in [3.8, 4) is 0 Å². The van der Waals surface area contributed by atoms with Crippen LogP contribution in [0.2, 0.25) is 0 Å². The van der Waals surface area contributed by atoms with Crippen LogP contribution in [0, 0.1) is 0 Å². The molecule has 84 valence electrons. The molecule has 7 heteroatoms. The van der Waals surface area contributed by atoms with E-state index in [4.69, 9.17) is 19.3 Å². The molecular weight excluding hydrogens is 322 g/mol. The molecule has 0 aromatic carbocycles. The molecular formula is C7H14IO5P. The van der Waals surface area contributed by atoms with Gasteiger partial charge in [-0.1, -0.05) is 0 Å². The van der Waals surface area contributed by atoms with Gasteiger partial charge in [-0.3, -0.25) is 4.52 Å². The van der Waals surface area contributed by atoms with Crippen LogP contribution in [0.5, 0.6) is 0 Å². The number of hydrogen-bond donors (Lipinski definition) is 2. The number of rotatable bonds is 5. The van der Waals surface area contributed by atoms with Gasteiger partial charge in [0, 0.05) is 13.2 Å². The molecule has 1 heterocycles. The fourth-order valence-corrected chi connectivity index (χ4v) is 2.95. The highest BCUT2D eigenvalue weighted by Crippen LogP contribution is 2.53. The summed E-state index contributed by atoms with van der Waals surface area (Å²) in [7, 11) is 0. The Balaban J connectivity index is 2.49. The van der Waals surface area contributed by atoms with Crippen molar-refractivity contribution in [3.05, 3.63) is 0 Å². The predicted octanol–water partition coefficient (Wildman–Crippen LogP) is 1.47. The lowest BCUT2D eigenvalue weighted by Crippen LogP contribution is -2.28. The average Bonchev–Trinajstić information content (AvgIpc) is 2.52. The molecule has 5 nitrogen and oxygen atoms in total. The zero-order valence-corrected chi connectivity index (χ0v) is 10.7. The molecule has 0 aromatic rings. The third-order valence-corrected chi connectivity index (χ3v) is 3.27. The van der Waals surface area contributed by atoms with Crippen molar-refractivity contribution in [1.82, 2.24) is 0 Å². The zero-order valence-electron chi connectivity index (χ0n) is 7.63. The highest BCUT2D eigenvalue weighted by Gasteiger charge is 2.31. The van der Waals surface area contributed by atoms with E-state index in [1.54, 1.807) is 0 Å². The summed E-state index contributed by atoms with van der Waals surface area (Å²) in [6.07, 6.45) is 1.46. The van der Waals surface area contributed by atoms with Gasteiger partial charge in [-0.05, 0) is 19.3 Å². The predicted molar refractivity (Wildman–Crippen MR) is 59.4 cm³/mol. The molecule has 0 saturated carbocycles. The summed E-state index contributed by atoms with van der Waals surface area (Å²) < 4.78 is 21.4. The molecule has 1 aliphatic rings. The van der Waals surface area contributed by atoms with Crippen molar-refractivity contribution < 1.29 is 23.8 Å². The van der Waals surface area contributed by atoms with Crippen LogP contribution in [0.25, 0.3) is 0 Å². The van der Waals surface area contributed by atoms with Crippen molar-refractivity contribution in [1.29, 1.82) is 0 Å². The molecule has 3 atom stereocenters. The number of halogens is 1. The first-order valence-electron chi connectivity index (χ1n) is 4.46. The molecule has 0 spiro atoms. The smallest absolute Gasteiger partial charge is 0.386 e. The minimum absolute atomic E-state index is 0.0683. The summed E-state index contributed by atoms with van der Waals surface area (Å²) in [5.74, 6) is 0. The molecule has 1 saturated heterocycles. The van der Waals surface area contributed by atoms with Crippen LogP contribution in [-0.2, 0) is 13.8 Å². The number of aliphatic hydroxyl groups is 1. The summed E-state index contributed by atoms with van der Waals surface area (Å²) >= 11 is 1.37. The second kappa shape index (κ2) is 5.77. The normalized spacial score (nSPS) is 28.6. The Morgan fingerprint density at radius 1 is 1.71 bits per heavy atom. The van der Waals surface area contributed by atoms with Crippen molar-refractivity contribution >= 4 is 27.3 Å². The van der Waals surface area contributed by atoms with E-state index >= 15 is 0 Å². The summed E-state index contributed by atoms with van der Waals surface area (Å²) in [5, 5.41) is 5.26. The topological polar surface area (TPSA) is 76.0 Å². The van der Waals surface area contributed by atoms with E-state index < -0.39 is 11.3 Å². The fraction of sp³-hybridized carbons (Fsp3) is 1.00. The van der Waals surface area contributed by atoms with Gasteiger partial charge in [-0.25, -0.2) is 4.57 Å². The molecule has 0 aromatic heterocycles. The van der Waals surface area contributed by atoms with Gasteiger partial charge in [0.2, 0.25) is 0 Å².